The van der Waals surface area contributed by atoms with E-state index < -0.39 is 5.97 Å². The molecule has 3 aromatic carbocycles. The summed E-state index contributed by atoms with van der Waals surface area (Å²) < 4.78 is 1.50. The highest BCUT2D eigenvalue weighted by atomic mass is 16.4. The Morgan fingerprint density at radius 2 is 1.87 bits per heavy atom. The summed E-state index contributed by atoms with van der Waals surface area (Å²) in [6, 6.07) is 19.9. The molecular formula is C28H22N6O4. The average molecular weight is 507 g/mol. The summed E-state index contributed by atoms with van der Waals surface area (Å²) in [5.41, 5.74) is 5.63. The van der Waals surface area contributed by atoms with E-state index in [9.17, 15) is 19.5 Å². The molecule has 2 amide bonds. The number of aromatic nitrogens is 3. The lowest BCUT2D eigenvalue weighted by molar-refractivity contribution is -0.119. The second kappa shape index (κ2) is 9.32. The third kappa shape index (κ3) is 4.17. The van der Waals surface area contributed by atoms with E-state index in [1.165, 1.54) is 29.5 Å². The van der Waals surface area contributed by atoms with Crippen LogP contribution in [0.4, 0.5) is 17.1 Å². The van der Waals surface area contributed by atoms with Gasteiger partial charge in [-0.15, -0.1) is 0 Å². The van der Waals surface area contributed by atoms with Gasteiger partial charge in [0.2, 0.25) is 5.91 Å². The van der Waals surface area contributed by atoms with E-state index in [0.29, 0.717) is 35.5 Å². The van der Waals surface area contributed by atoms with Crippen LogP contribution in [0.25, 0.3) is 11.3 Å². The van der Waals surface area contributed by atoms with Gasteiger partial charge in [-0.3, -0.25) is 9.59 Å². The van der Waals surface area contributed by atoms with Crippen LogP contribution in [0, 0.1) is 0 Å². The number of nitrogens with one attached hydrogen (secondary N) is 2. The number of aromatic carboxylic acids is 1. The highest BCUT2D eigenvalue weighted by Gasteiger charge is 2.30. The molecule has 0 atom stereocenters. The van der Waals surface area contributed by atoms with E-state index in [1.54, 1.807) is 11.0 Å². The molecule has 2 aliphatic rings. The van der Waals surface area contributed by atoms with E-state index in [2.05, 4.69) is 20.7 Å². The molecule has 0 fully saturated rings. The highest BCUT2D eigenvalue weighted by molar-refractivity contribution is 6.37. The second-order valence-electron chi connectivity index (χ2n) is 8.99. The quantitative estimate of drug-likeness (QED) is 0.341. The van der Waals surface area contributed by atoms with E-state index in [0.717, 1.165) is 22.5 Å². The van der Waals surface area contributed by atoms with Crippen LogP contribution in [-0.4, -0.2) is 44.2 Å². The average Bonchev–Trinajstić information content (AvgIpc) is 3.65. The van der Waals surface area contributed by atoms with Crippen molar-refractivity contribution in [2.75, 3.05) is 22.1 Å². The zero-order valence-electron chi connectivity index (χ0n) is 20.1. The number of benzene rings is 3. The van der Waals surface area contributed by atoms with E-state index in [4.69, 9.17) is 0 Å². The number of anilines is 3. The highest BCUT2D eigenvalue weighted by Crippen LogP contribution is 2.39. The van der Waals surface area contributed by atoms with Crippen molar-refractivity contribution >= 4 is 46.1 Å². The second-order valence-corrected chi connectivity index (χ2v) is 8.99. The number of carbonyl (C=O) groups is 3. The molecule has 0 saturated heterocycles. The fourth-order valence-electron chi connectivity index (χ4n) is 4.86. The fourth-order valence-corrected chi connectivity index (χ4v) is 4.86. The van der Waals surface area contributed by atoms with Crippen molar-refractivity contribution in [2.24, 2.45) is 0 Å². The molecule has 188 valence electrons. The first kappa shape index (κ1) is 23.2. The Morgan fingerprint density at radius 3 is 2.63 bits per heavy atom. The Kier molecular flexibility index (Phi) is 5.68. The summed E-state index contributed by atoms with van der Waals surface area (Å²) in [5.74, 6) is -1.45. The number of hydrogen-bond acceptors (Lipinski definition) is 6. The lowest BCUT2D eigenvalue weighted by Crippen LogP contribution is -2.32. The van der Waals surface area contributed by atoms with Crippen molar-refractivity contribution in [2.45, 2.75) is 13.0 Å². The molecule has 0 unspecified atom stereocenters. The fraction of sp³-hybridized carbons (Fsp3) is 0.107. The molecule has 0 radical (unpaired) electrons. The van der Waals surface area contributed by atoms with Crippen LogP contribution in [-0.2, 0) is 22.6 Å². The van der Waals surface area contributed by atoms with Crippen LogP contribution >= 0.6 is 0 Å². The van der Waals surface area contributed by atoms with Crippen LogP contribution in [0.3, 0.4) is 0 Å². The van der Waals surface area contributed by atoms with Gasteiger partial charge < -0.3 is 20.6 Å². The predicted octanol–water partition coefficient (Wildman–Crippen LogP) is 3.50. The molecule has 0 spiro atoms. The molecule has 1 aromatic heterocycles. The third-order valence-electron chi connectivity index (χ3n) is 6.63. The number of fused-ring (bicyclic) bond motifs is 2. The number of carboxylic acids is 1. The van der Waals surface area contributed by atoms with E-state index >= 15 is 0 Å². The van der Waals surface area contributed by atoms with E-state index in [1.807, 2.05) is 48.5 Å². The number of rotatable bonds is 6. The van der Waals surface area contributed by atoms with Gasteiger partial charge in [0.1, 0.15) is 19.2 Å². The predicted molar refractivity (Wildman–Crippen MR) is 141 cm³/mol. The van der Waals surface area contributed by atoms with Crippen molar-refractivity contribution in [1.29, 1.82) is 0 Å². The van der Waals surface area contributed by atoms with Crippen LogP contribution in [0.1, 0.15) is 27.0 Å². The van der Waals surface area contributed by atoms with Gasteiger partial charge in [0.15, 0.2) is 0 Å². The third-order valence-corrected chi connectivity index (χ3v) is 6.63. The molecule has 38 heavy (non-hydrogen) atoms. The lowest BCUT2D eigenvalue weighted by Gasteiger charge is -2.18. The number of carbonyl (C=O) groups excluding carboxylic acids is 2. The minimum atomic E-state index is -1.06. The van der Waals surface area contributed by atoms with E-state index in [-0.39, 0.29) is 23.9 Å². The molecule has 3 heterocycles. The molecule has 6 rings (SSSR count). The Labute approximate surface area is 217 Å². The Morgan fingerprint density at radius 1 is 1.03 bits per heavy atom. The van der Waals surface area contributed by atoms with Gasteiger partial charge in [0.05, 0.1) is 22.5 Å². The summed E-state index contributed by atoms with van der Waals surface area (Å²) in [6.07, 6.45) is 3.61. The molecule has 4 aromatic rings. The van der Waals surface area contributed by atoms with Crippen LogP contribution in [0.15, 0.2) is 79.4 Å². The molecule has 0 aliphatic carbocycles. The first-order valence-electron chi connectivity index (χ1n) is 12.0. The van der Waals surface area contributed by atoms with Crippen LogP contribution < -0.4 is 15.5 Å². The maximum absolute atomic E-state index is 13.1. The first-order chi connectivity index (χ1) is 18.5. The van der Waals surface area contributed by atoms with Crippen molar-refractivity contribution in [1.82, 2.24) is 14.8 Å². The standard InChI is InChI=1S/C28H22N6O4/c35-24(14-33-16-29-15-30-33)34-11-10-18-12-20(7-9-23(18)34)31-26(17-4-2-1-3-5-17)25-21-8-6-19(28(37)38)13-22(21)32-27(25)36/h1-9,12-13,15-16,31H,10-11,14H2,(H,32,36)(H,37,38). The first-order valence-corrected chi connectivity index (χ1v) is 12.0. The summed E-state index contributed by atoms with van der Waals surface area (Å²) >= 11 is 0. The molecular weight excluding hydrogens is 484 g/mol. The largest absolute Gasteiger partial charge is 0.478 e. The van der Waals surface area contributed by atoms with Gasteiger partial charge in [-0.1, -0.05) is 36.4 Å². The molecule has 2 aliphatic heterocycles. The molecule has 0 saturated carbocycles. The summed E-state index contributed by atoms with van der Waals surface area (Å²) in [4.78, 5) is 43.1. The zero-order valence-corrected chi connectivity index (χ0v) is 20.1. The molecule has 3 N–H and O–H groups in total. The topological polar surface area (TPSA) is 129 Å². The Balaban J connectivity index is 1.35. The smallest absolute Gasteiger partial charge is 0.335 e. The van der Waals surface area contributed by atoms with Gasteiger partial charge in [-0.25, -0.2) is 14.5 Å². The molecule has 10 heteroatoms. The van der Waals surface area contributed by atoms with Gasteiger partial charge in [-0.2, -0.15) is 5.10 Å². The van der Waals surface area contributed by atoms with Crippen molar-refractivity contribution in [3.8, 4) is 0 Å². The number of nitrogens with zero attached hydrogens (tertiary/aromatic N) is 4. The Bertz CT molecular complexity index is 1610. The normalized spacial score (nSPS) is 15.1. The minimum absolute atomic E-state index is 0.0676. The monoisotopic (exact) mass is 506 g/mol. The maximum Gasteiger partial charge on any atom is 0.335 e. The van der Waals surface area contributed by atoms with Gasteiger partial charge in [-0.05, 0) is 47.9 Å². The van der Waals surface area contributed by atoms with Crippen LogP contribution in [0.5, 0.6) is 0 Å². The van der Waals surface area contributed by atoms with Gasteiger partial charge in [0.25, 0.3) is 5.91 Å². The van der Waals surface area contributed by atoms with Gasteiger partial charge >= 0.3 is 5.97 Å². The van der Waals surface area contributed by atoms with Crippen LogP contribution in [0.2, 0.25) is 0 Å². The number of amides is 2. The summed E-state index contributed by atoms with van der Waals surface area (Å²) in [6.45, 7) is 0.683. The minimum Gasteiger partial charge on any atom is -0.478 e. The molecule has 10 nitrogen and oxygen atoms in total. The Hall–Kier alpha value is -5.25. The summed E-state index contributed by atoms with van der Waals surface area (Å²) in [7, 11) is 0. The number of carboxylic acid groups (broad SMARTS) is 1. The lowest BCUT2D eigenvalue weighted by atomic mass is 9.99. The molecule has 0 bridgehead atoms. The van der Waals surface area contributed by atoms with Crippen molar-refractivity contribution < 1.29 is 19.5 Å². The SMILES string of the molecule is O=C1Nc2cc(C(=O)O)ccc2C1=C(Nc1ccc2c(c1)CCN2C(=O)Cn1cncn1)c1ccccc1. The van der Waals surface area contributed by atoms with Gasteiger partial charge in [0, 0.05) is 23.5 Å². The maximum atomic E-state index is 13.1. The van der Waals surface area contributed by atoms with Crippen molar-refractivity contribution in [3.63, 3.8) is 0 Å². The summed E-state index contributed by atoms with van der Waals surface area (Å²) in [5, 5.41) is 19.6. The number of hydrogen-bond donors (Lipinski definition) is 3. The zero-order chi connectivity index (χ0) is 26.2. The van der Waals surface area contributed by atoms with Crippen molar-refractivity contribution in [3.05, 3.63) is 102 Å².